The molecule has 0 heterocycles. The van der Waals surface area contributed by atoms with Crippen LogP contribution in [0.15, 0.2) is 0 Å². The van der Waals surface area contributed by atoms with Crippen LogP contribution in [-0.2, 0) is 10.8 Å². The Hall–Kier alpha value is 0.110. The predicted molar refractivity (Wildman–Crippen MR) is 58.1 cm³/mol. The van der Waals surface area contributed by atoms with Gasteiger partial charge in [-0.2, -0.15) is 0 Å². The molecule has 3 heteroatoms. The lowest BCUT2D eigenvalue weighted by molar-refractivity contribution is 0.501. The molecule has 78 valence electrons. The largest absolute Gasteiger partial charge is 0.329 e. The molecule has 1 saturated carbocycles. The molecule has 0 spiro atoms. The van der Waals surface area contributed by atoms with Crippen molar-refractivity contribution in [2.75, 3.05) is 6.54 Å². The maximum absolute atomic E-state index is 12.0. The maximum atomic E-state index is 12.0. The standard InChI is InChI=1S/C10H21NOS/c1-2-9(8-11)13(12)10-6-4-3-5-7-10/h9-10H,2-8,11H2,1H3. The van der Waals surface area contributed by atoms with Crippen LogP contribution in [0.3, 0.4) is 0 Å². The third kappa shape index (κ3) is 3.06. The summed E-state index contributed by atoms with van der Waals surface area (Å²) >= 11 is 0. The van der Waals surface area contributed by atoms with E-state index in [0.29, 0.717) is 11.8 Å². The van der Waals surface area contributed by atoms with Gasteiger partial charge in [-0.1, -0.05) is 26.2 Å². The summed E-state index contributed by atoms with van der Waals surface area (Å²) in [6.07, 6.45) is 7.12. The van der Waals surface area contributed by atoms with Crippen molar-refractivity contribution in [3.05, 3.63) is 0 Å². The summed E-state index contributed by atoms with van der Waals surface area (Å²) in [7, 11) is -0.669. The van der Waals surface area contributed by atoms with E-state index in [0.717, 1.165) is 19.3 Å². The molecule has 1 rings (SSSR count). The van der Waals surface area contributed by atoms with Gasteiger partial charge in [0, 0.05) is 27.8 Å². The quantitative estimate of drug-likeness (QED) is 0.757. The van der Waals surface area contributed by atoms with Gasteiger partial charge in [0.2, 0.25) is 0 Å². The number of hydrogen-bond acceptors (Lipinski definition) is 2. The first kappa shape index (κ1) is 11.2. The lowest BCUT2D eigenvalue weighted by Crippen LogP contribution is -2.32. The van der Waals surface area contributed by atoms with Gasteiger partial charge in [-0.25, -0.2) is 0 Å². The fourth-order valence-electron chi connectivity index (χ4n) is 2.00. The minimum absolute atomic E-state index is 0.239. The molecule has 0 aromatic rings. The molecule has 2 N–H and O–H groups in total. The molecular formula is C10H21NOS. The van der Waals surface area contributed by atoms with Gasteiger partial charge in [-0.05, 0) is 19.3 Å². The first-order chi connectivity index (χ1) is 6.29. The summed E-state index contributed by atoms with van der Waals surface area (Å²) in [4.78, 5) is 0. The number of nitrogens with two attached hydrogens (primary N) is 1. The van der Waals surface area contributed by atoms with Gasteiger partial charge in [-0.3, -0.25) is 4.21 Å². The van der Waals surface area contributed by atoms with E-state index >= 15 is 0 Å². The van der Waals surface area contributed by atoms with Crippen LogP contribution in [0.4, 0.5) is 0 Å². The zero-order chi connectivity index (χ0) is 9.68. The van der Waals surface area contributed by atoms with E-state index in [9.17, 15) is 4.21 Å². The summed E-state index contributed by atoms with van der Waals surface area (Å²) in [6, 6.07) is 0. The molecule has 2 atom stereocenters. The van der Waals surface area contributed by atoms with Crippen molar-refractivity contribution >= 4 is 10.8 Å². The fourth-order valence-corrected chi connectivity index (χ4v) is 3.86. The normalized spacial score (nSPS) is 24.2. The Morgan fingerprint density at radius 1 is 1.38 bits per heavy atom. The first-order valence-corrected chi connectivity index (χ1v) is 6.66. The molecule has 13 heavy (non-hydrogen) atoms. The Bertz CT molecular complexity index is 162. The van der Waals surface area contributed by atoms with Crippen LogP contribution in [0, 0.1) is 0 Å². The molecule has 1 aliphatic rings. The van der Waals surface area contributed by atoms with Crippen molar-refractivity contribution < 1.29 is 4.21 Å². The Kier molecular flexibility index (Phi) is 4.96. The van der Waals surface area contributed by atoms with Crippen LogP contribution in [0.25, 0.3) is 0 Å². The molecule has 0 bridgehead atoms. The van der Waals surface area contributed by atoms with Crippen LogP contribution in [0.5, 0.6) is 0 Å². The maximum Gasteiger partial charge on any atom is 0.0470 e. The molecule has 0 aliphatic heterocycles. The van der Waals surface area contributed by atoms with Crippen molar-refractivity contribution in [1.29, 1.82) is 0 Å². The van der Waals surface area contributed by atoms with Gasteiger partial charge in [0.25, 0.3) is 0 Å². The molecule has 0 radical (unpaired) electrons. The Labute approximate surface area is 83.7 Å². The van der Waals surface area contributed by atoms with E-state index in [1.165, 1.54) is 19.3 Å². The average molecular weight is 203 g/mol. The summed E-state index contributed by atoms with van der Waals surface area (Å²) in [5.74, 6) is 0. The average Bonchev–Trinajstić information content (AvgIpc) is 2.21. The fraction of sp³-hybridized carbons (Fsp3) is 1.00. The van der Waals surface area contributed by atoms with E-state index in [-0.39, 0.29) is 5.25 Å². The van der Waals surface area contributed by atoms with Crippen molar-refractivity contribution in [2.24, 2.45) is 5.73 Å². The molecule has 2 unspecified atom stereocenters. The van der Waals surface area contributed by atoms with Crippen LogP contribution in [0.1, 0.15) is 45.4 Å². The van der Waals surface area contributed by atoms with E-state index in [4.69, 9.17) is 5.73 Å². The Morgan fingerprint density at radius 2 is 2.00 bits per heavy atom. The highest BCUT2D eigenvalue weighted by Gasteiger charge is 2.24. The molecule has 1 fully saturated rings. The topological polar surface area (TPSA) is 43.1 Å². The highest BCUT2D eigenvalue weighted by molar-refractivity contribution is 7.86. The van der Waals surface area contributed by atoms with Crippen molar-refractivity contribution in [3.8, 4) is 0 Å². The molecule has 0 amide bonds. The highest BCUT2D eigenvalue weighted by atomic mass is 32.2. The van der Waals surface area contributed by atoms with Gasteiger partial charge >= 0.3 is 0 Å². The molecule has 0 saturated heterocycles. The minimum atomic E-state index is -0.669. The minimum Gasteiger partial charge on any atom is -0.329 e. The van der Waals surface area contributed by atoms with Crippen molar-refractivity contribution in [3.63, 3.8) is 0 Å². The smallest absolute Gasteiger partial charge is 0.0470 e. The highest BCUT2D eigenvalue weighted by Crippen LogP contribution is 2.24. The van der Waals surface area contributed by atoms with Crippen molar-refractivity contribution in [2.45, 2.75) is 55.9 Å². The van der Waals surface area contributed by atoms with E-state index < -0.39 is 10.8 Å². The second kappa shape index (κ2) is 5.76. The summed E-state index contributed by atoms with van der Waals surface area (Å²) in [5.41, 5.74) is 5.60. The van der Waals surface area contributed by atoms with Crippen LogP contribution in [-0.4, -0.2) is 21.3 Å². The van der Waals surface area contributed by atoms with Gasteiger partial charge in [-0.15, -0.1) is 0 Å². The number of hydrogen-bond donors (Lipinski definition) is 1. The van der Waals surface area contributed by atoms with Gasteiger partial charge < -0.3 is 5.73 Å². The van der Waals surface area contributed by atoms with E-state index in [2.05, 4.69) is 6.92 Å². The van der Waals surface area contributed by atoms with Crippen LogP contribution < -0.4 is 5.73 Å². The summed E-state index contributed by atoms with van der Waals surface area (Å²) in [6.45, 7) is 2.66. The summed E-state index contributed by atoms with van der Waals surface area (Å²) < 4.78 is 12.0. The van der Waals surface area contributed by atoms with Gasteiger partial charge in [0.05, 0.1) is 0 Å². The summed E-state index contributed by atoms with van der Waals surface area (Å²) in [5, 5.41) is 0.686. The van der Waals surface area contributed by atoms with E-state index in [1.54, 1.807) is 0 Å². The Morgan fingerprint density at radius 3 is 2.46 bits per heavy atom. The lowest BCUT2D eigenvalue weighted by atomic mass is 10.0. The third-order valence-corrected chi connectivity index (χ3v) is 5.24. The van der Waals surface area contributed by atoms with Crippen LogP contribution in [0.2, 0.25) is 0 Å². The molecule has 1 aliphatic carbocycles. The number of rotatable bonds is 4. The second-order valence-electron chi connectivity index (χ2n) is 3.85. The Balaban J connectivity index is 2.44. The zero-order valence-corrected chi connectivity index (χ0v) is 9.31. The van der Waals surface area contributed by atoms with Gasteiger partial charge in [0.15, 0.2) is 0 Å². The zero-order valence-electron chi connectivity index (χ0n) is 8.50. The monoisotopic (exact) mass is 203 g/mol. The van der Waals surface area contributed by atoms with Crippen LogP contribution >= 0.6 is 0 Å². The first-order valence-electron chi connectivity index (χ1n) is 5.39. The van der Waals surface area contributed by atoms with E-state index in [1.807, 2.05) is 0 Å². The molecule has 0 aromatic carbocycles. The van der Waals surface area contributed by atoms with Crippen molar-refractivity contribution in [1.82, 2.24) is 0 Å². The SMILES string of the molecule is CCC(CN)S(=O)C1CCCCC1. The molecule has 2 nitrogen and oxygen atoms in total. The molecule has 0 aromatic heterocycles. The third-order valence-electron chi connectivity index (χ3n) is 2.93. The lowest BCUT2D eigenvalue weighted by Gasteiger charge is -2.24. The second-order valence-corrected chi connectivity index (χ2v) is 5.84. The molecular weight excluding hydrogens is 182 g/mol. The predicted octanol–water partition coefficient (Wildman–Crippen LogP) is 1.81. The van der Waals surface area contributed by atoms with Gasteiger partial charge in [0.1, 0.15) is 0 Å².